The summed E-state index contributed by atoms with van der Waals surface area (Å²) in [5.74, 6) is 0.884. The maximum Gasteiger partial charge on any atom is -0.109 e. The summed E-state index contributed by atoms with van der Waals surface area (Å²) in [5.41, 5.74) is 1.58. The normalized spacial score (nSPS) is 19.8. The van der Waals surface area contributed by atoms with E-state index in [1.54, 1.807) is 29.8 Å². The van der Waals surface area contributed by atoms with Crippen LogP contribution in [-0.4, -0.2) is 3.21 Å². The van der Waals surface area contributed by atoms with Crippen LogP contribution in [0.2, 0.25) is 0 Å². The van der Waals surface area contributed by atoms with E-state index in [2.05, 4.69) is 50.6 Å². The van der Waals surface area contributed by atoms with Crippen LogP contribution in [0.1, 0.15) is 39.5 Å². The molecule has 1 unspecified atom stereocenters. The SMILES string of the molecule is C1=CCC2CC[CH-]C2=C1.C[C](C)=[Zr+2].[C-]1=CC=CC1.[Cl-].[Cl-]. The van der Waals surface area contributed by atoms with Crippen molar-refractivity contribution in [3.63, 3.8) is 0 Å². The first-order chi connectivity index (χ1) is 8.70. The van der Waals surface area contributed by atoms with Crippen LogP contribution in [0.25, 0.3) is 0 Å². The van der Waals surface area contributed by atoms with E-state index in [4.69, 9.17) is 0 Å². The Balaban J connectivity index is 0. The van der Waals surface area contributed by atoms with Gasteiger partial charge in [-0.15, -0.1) is 25.0 Å². The standard InChI is InChI=1S/C9H11.C5H5.C3H6.2ClH.Zr/c1-2-5-9-7-3-6-8(9)4-1;1-2-4-5-3-1;1-3-2;;;/h1-2,4,6,9H,3,5,7H2;1-3H,4H2;1-2H3;2*1H;/q2*-1;;;;+2/p-2. The summed E-state index contributed by atoms with van der Waals surface area (Å²) in [7, 11) is 0. The summed E-state index contributed by atoms with van der Waals surface area (Å²) < 4.78 is 1.51. The second kappa shape index (κ2) is 14.1. The molecule has 1 saturated carbocycles. The van der Waals surface area contributed by atoms with Crippen molar-refractivity contribution in [2.45, 2.75) is 39.5 Å². The molecule has 0 aromatic carbocycles. The van der Waals surface area contributed by atoms with Gasteiger partial charge in [-0.3, -0.25) is 6.08 Å². The van der Waals surface area contributed by atoms with Crippen molar-refractivity contribution in [3.8, 4) is 0 Å². The van der Waals surface area contributed by atoms with Gasteiger partial charge in [0, 0.05) is 0 Å². The molecule has 3 aliphatic carbocycles. The Bertz CT molecular complexity index is 364. The van der Waals surface area contributed by atoms with Crippen molar-refractivity contribution in [1.82, 2.24) is 0 Å². The van der Waals surface area contributed by atoms with Crippen LogP contribution in [0.5, 0.6) is 0 Å². The smallest absolute Gasteiger partial charge is 0.109 e. The van der Waals surface area contributed by atoms with Crippen molar-refractivity contribution >= 4 is 3.21 Å². The molecule has 110 valence electrons. The minimum absolute atomic E-state index is 0. The second-order valence-corrected chi connectivity index (χ2v) is 7.27. The van der Waals surface area contributed by atoms with E-state index in [9.17, 15) is 0 Å². The number of fused-ring (bicyclic) bond motifs is 1. The largest absolute Gasteiger partial charge is 1.00 e. The van der Waals surface area contributed by atoms with Crippen LogP contribution in [0, 0.1) is 18.4 Å². The molecular weight excluding hydrogens is 366 g/mol. The van der Waals surface area contributed by atoms with Crippen molar-refractivity contribution in [2.24, 2.45) is 5.92 Å². The fraction of sp³-hybridized carbons (Fsp3) is 0.412. The molecule has 0 N–H and O–H groups in total. The zero-order valence-corrected chi connectivity index (χ0v) is 16.2. The molecule has 0 nitrogen and oxygen atoms in total. The topological polar surface area (TPSA) is 0 Å². The molecule has 0 aliphatic heterocycles. The monoisotopic (exact) mass is 386 g/mol. The summed E-state index contributed by atoms with van der Waals surface area (Å²) in [6, 6.07) is 0. The predicted molar refractivity (Wildman–Crippen MR) is 76.8 cm³/mol. The Morgan fingerprint density at radius 1 is 1.25 bits per heavy atom. The molecule has 0 aromatic heterocycles. The van der Waals surface area contributed by atoms with E-state index in [-0.39, 0.29) is 24.8 Å². The summed E-state index contributed by atoms with van der Waals surface area (Å²) >= 11 is 1.55. The molecule has 0 spiro atoms. The first-order valence-corrected chi connectivity index (χ1v) is 7.86. The number of hydrogen-bond donors (Lipinski definition) is 0. The molecule has 0 saturated heterocycles. The number of rotatable bonds is 0. The molecular formula is C17H22Cl2Zr-2. The number of hydrogen-bond acceptors (Lipinski definition) is 0. The van der Waals surface area contributed by atoms with Gasteiger partial charge in [0.05, 0.1) is 0 Å². The summed E-state index contributed by atoms with van der Waals surface area (Å²) in [6.45, 7) is 4.25. The first kappa shape index (κ1) is 22.4. The van der Waals surface area contributed by atoms with Crippen molar-refractivity contribution < 1.29 is 49.0 Å². The average molecular weight is 388 g/mol. The molecule has 1 fully saturated rings. The quantitative estimate of drug-likeness (QED) is 0.446. The zero-order valence-electron chi connectivity index (χ0n) is 12.2. The summed E-state index contributed by atoms with van der Waals surface area (Å²) in [5, 5.41) is 0. The van der Waals surface area contributed by atoms with E-state index in [1.165, 1.54) is 22.5 Å². The van der Waals surface area contributed by atoms with Crippen LogP contribution >= 0.6 is 0 Å². The third-order valence-corrected chi connectivity index (χ3v) is 2.80. The van der Waals surface area contributed by atoms with E-state index in [0.717, 1.165) is 12.3 Å². The second-order valence-electron chi connectivity index (χ2n) is 4.81. The van der Waals surface area contributed by atoms with E-state index >= 15 is 0 Å². The maximum atomic E-state index is 2.99. The fourth-order valence-corrected chi connectivity index (χ4v) is 2.00. The molecule has 20 heavy (non-hydrogen) atoms. The molecule has 0 amide bonds. The molecule has 0 heterocycles. The van der Waals surface area contributed by atoms with Crippen molar-refractivity contribution in [2.75, 3.05) is 0 Å². The maximum absolute atomic E-state index is 2.99. The van der Waals surface area contributed by atoms with Crippen LogP contribution in [0.15, 0.2) is 42.0 Å². The molecule has 0 aromatic rings. The van der Waals surface area contributed by atoms with Gasteiger partial charge in [0.15, 0.2) is 0 Å². The molecule has 3 heteroatoms. The van der Waals surface area contributed by atoms with Crippen LogP contribution in [0.3, 0.4) is 0 Å². The van der Waals surface area contributed by atoms with Gasteiger partial charge in [-0.2, -0.15) is 6.08 Å². The molecule has 1 atom stereocenters. The Kier molecular flexibility index (Phi) is 15.8. The summed E-state index contributed by atoms with van der Waals surface area (Å²) in [4.78, 5) is 0. The van der Waals surface area contributed by atoms with E-state index < -0.39 is 0 Å². The zero-order chi connectivity index (χ0) is 13.2. The van der Waals surface area contributed by atoms with Gasteiger partial charge in [-0.25, -0.2) is 30.2 Å². The van der Waals surface area contributed by atoms with Crippen LogP contribution in [-0.2, 0) is 24.2 Å². The fourth-order valence-electron chi connectivity index (χ4n) is 2.00. The molecule has 0 radical (unpaired) electrons. The third kappa shape index (κ3) is 10.9. The predicted octanol–water partition coefficient (Wildman–Crippen LogP) is -1.45. The molecule has 3 aliphatic rings. The third-order valence-electron chi connectivity index (χ3n) is 2.80. The number of allylic oxidation sites excluding steroid dienone is 8. The minimum Gasteiger partial charge on any atom is -1.00 e. The van der Waals surface area contributed by atoms with Crippen LogP contribution in [0.4, 0.5) is 0 Å². The van der Waals surface area contributed by atoms with E-state index in [0.29, 0.717) is 0 Å². The Hall–Kier alpha value is 0.163. The first-order valence-electron chi connectivity index (χ1n) is 6.63. The average Bonchev–Trinajstić information content (AvgIpc) is 3.03. The van der Waals surface area contributed by atoms with E-state index in [1.807, 2.05) is 12.2 Å². The van der Waals surface area contributed by atoms with Crippen LogP contribution < -0.4 is 24.8 Å². The van der Waals surface area contributed by atoms with Gasteiger partial charge in [-0.05, 0) is 12.3 Å². The molecule has 3 rings (SSSR count). The summed E-state index contributed by atoms with van der Waals surface area (Å²) in [6.07, 6.45) is 23.0. The van der Waals surface area contributed by atoms with Gasteiger partial charge in [0.25, 0.3) is 0 Å². The number of halogens is 2. The Labute approximate surface area is 151 Å². The van der Waals surface area contributed by atoms with Gasteiger partial charge >= 0.3 is 41.3 Å². The Morgan fingerprint density at radius 3 is 2.40 bits per heavy atom. The van der Waals surface area contributed by atoms with Gasteiger partial charge in [-0.1, -0.05) is 6.42 Å². The van der Waals surface area contributed by atoms with Crippen molar-refractivity contribution in [1.29, 1.82) is 0 Å². The van der Waals surface area contributed by atoms with Gasteiger partial charge in [0.1, 0.15) is 0 Å². The molecule has 0 bridgehead atoms. The van der Waals surface area contributed by atoms with Gasteiger partial charge in [0.2, 0.25) is 0 Å². The Morgan fingerprint density at radius 2 is 1.95 bits per heavy atom. The minimum atomic E-state index is 0. The van der Waals surface area contributed by atoms with Crippen molar-refractivity contribution in [3.05, 3.63) is 54.5 Å². The van der Waals surface area contributed by atoms with Gasteiger partial charge < -0.3 is 24.8 Å².